The maximum absolute atomic E-state index is 12.4. The average molecular weight is 304 g/mol. The number of ether oxygens (including phenoxy) is 1. The van der Waals surface area contributed by atoms with Gasteiger partial charge in [-0.2, -0.15) is 0 Å². The summed E-state index contributed by atoms with van der Waals surface area (Å²) in [6.45, 7) is 15.0. The zero-order valence-electron chi connectivity index (χ0n) is 15.0. The van der Waals surface area contributed by atoms with Crippen LogP contribution in [0.15, 0.2) is 12.2 Å². The lowest BCUT2D eigenvalue weighted by Crippen LogP contribution is -2.67. The summed E-state index contributed by atoms with van der Waals surface area (Å²) in [5, 5.41) is 0. The van der Waals surface area contributed by atoms with Gasteiger partial charge in [0.1, 0.15) is 5.60 Å². The molecule has 4 rings (SSSR count). The highest BCUT2D eigenvalue weighted by atomic mass is 16.6. The topological polar surface area (TPSA) is 26.3 Å². The second-order valence-corrected chi connectivity index (χ2v) is 9.34. The second-order valence-electron chi connectivity index (χ2n) is 9.34. The molecule has 2 heteroatoms. The van der Waals surface area contributed by atoms with Crippen molar-refractivity contribution in [1.29, 1.82) is 0 Å². The van der Waals surface area contributed by atoms with Gasteiger partial charge >= 0.3 is 5.97 Å². The third-order valence-corrected chi connectivity index (χ3v) is 7.09. The lowest BCUT2D eigenvalue weighted by atomic mass is 9.39. The van der Waals surface area contributed by atoms with Gasteiger partial charge in [0.2, 0.25) is 0 Å². The van der Waals surface area contributed by atoms with Crippen LogP contribution in [-0.4, -0.2) is 11.6 Å². The molecule has 0 radical (unpaired) electrons. The predicted molar refractivity (Wildman–Crippen MR) is 89.4 cm³/mol. The molecule has 4 saturated carbocycles. The van der Waals surface area contributed by atoms with Crippen LogP contribution in [0.25, 0.3) is 0 Å². The van der Waals surface area contributed by atoms with Gasteiger partial charge in [0.05, 0.1) is 0 Å². The molecule has 124 valence electrons. The third-order valence-electron chi connectivity index (χ3n) is 7.09. The first-order chi connectivity index (χ1) is 10.1. The van der Waals surface area contributed by atoms with Crippen LogP contribution in [0.4, 0.5) is 0 Å². The molecule has 4 aliphatic carbocycles. The van der Waals surface area contributed by atoms with Gasteiger partial charge in [-0.1, -0.05) is 34.3 Å². The van der Waals surface area contributed by atoms with Crippen molar-refractivity contribution >= 4 is 5.97 Å². The van der Waals surface area contributed by atoms with Crippen molar-refractivity contribution in [1.82, 2.24) is 0 Å². The molecule has 0 N–H and O–H groups in total. The molecule has 0 heterocycles. The quantitative estimate of drug-likeness (QED) is 0.532. The van der Waals surface area contributed by atoms with Crippen molar-refractivity contribution in [3.05, 3.63) is 12.2 Å². The van der Waals surface area contributed by atoms with E-state index in [-0.39, 0.29) is 11.6 Å². The standard InChI is InChI=1S/C20H32O2/c1-7-14(4)20(22-17(21)13(2)3)15-8-18(5)9-16(20)11-19(6,10-15)12-18/h14-16H,2,7-12H2,1,3-6H3. The SMILES string of the molecule is C=C(C)C(=O)OC1(C(C)CC)C2CC3(C)CC1CC(C)(C2)C3. The fourth-order valence-corrected chi connectivity index (χ4v) is 6.62. The van der Waals surface area contributed by atoms with Crippen LogP contribution in [0.5, 0.6) is 0 Å². The lowest BCUT2D eigenvalue weighted by molar-refractivity contribution is -0.254. The first-order valence-corrected chi connectivity index (χ1v) is 9.03. The van der Waals surface area contributed by atoms with E-state index in [4.69, 9.17) is 4.74 Å². The molecule has 1 atom stereocenters. The highest BCUT2D eigenvalue weighted by Gasteiger charge is 2.67. The molecule has 0 aromatic rings. The minimum atomic E-state index is -0.246. The van der Waals surface area contributed by atoms with Crippen molar-refractivity contribution in [2.45, 2.75) is 78.7 Å². The Hall–Kier alpha value is -0.790. The molecule has 4 aliphatic rings. The molecule has 0 saturated heterocycles. The molecule has 4 bridgehead atoms. The van der Waals surface area contributed by atoms with Crippen molar-refractivity contribution in [2.24, 2.45) is 28.6 Å². The fraction of sp³-hybridized carbons (Fsp3) is 0.850. The second kappa shape index (κ2) is 4.85. The summed E-state index contributed by atoms with van der Waals surface area (Å²) in [7, 11) is 0. The Morgan fingerprint density at radius 2 is 1.64 bits per heavy atom. The molecule has 0 aliphatic heterocycles. The molecule has 22 heavy (non-hydrogen) atoms. The molecule has 1 unspecified atom stereocenters. The number of hydrogen-bond acceptors (Lipinski definition) is 2. The largest absolute Gasteiger partial charge is 0.455 e. The Kier molecular flexibility index (Phi) is 3.55. The van der Waals surface area contributed by atoms with Crippen LogP contribution in [-0.2, 0) is 9.53 Å². The van der Waals surface area contributed by atoms with E-state index in [1.807, 2.05) is 0 Å². The summed E-state index contributed by atoms with van der Waals surface area (Å²) < 4.78 is 6.28. The molecule has 0 spiro atoms. The highest BCUT2D eigenvalue weighted by Crippen LogP contribution is 2.70. The lowest BCUT2D eigenvalue weighted by Gasteiger charge is -2.68. The van der Waals surface area contributed by atoms with E-state index in [2.05, 4.69) is 34.3 Å². The van der Waals surface area contributed by atoms with Gasteiger partial charge in [-0.3, -0.25) is 0 Å². The van der Waals surface area contributed by atoms with Gasteiger partial charge in [-0.05, 0) is 62.2 Å². The van der Waals surface area contributed by atoms with Crippen LogP contribution < -0.4 is 0 Å². The molecular weight excluding hydrogens is 272 g/mol. The minimum Gasteiger partial charge on any atom is -0.455 e. The number of carbonyl (C=O) groups is 1. The first kappa shape index (κ1) is 16.1. The van der Waals surface area contributed by atoms with Gasteiger partial charge < -0.3 is 4.74 Å². The van der Waals surface area contributed by atoms with Gasteiger partial charge in [0.25, 0.3) is 0 Å². The summed E-state index contributed by atoms with van der Waals surface area (Å²) >= 11 is 0. The summed E-state index contributed by atoms with van der Waals surface area (Å²) in [4.78, 5) is 12.4. The zero-order valence-corrected chi connectivity index (χ0v) is 15.0. The zero-order chi connectivity index (χ0) is 16.3. The third kappa shape index (κ3) is 2.17. The van der Waals surface area contributed by atoms with Crippen molar-refractivity contribution in [3.63, 3.8) is 0 Å². The van der Waals surface area contributed by atoms with Gasteiger partial charge in [0, 0.05) is 17.4 Å². The minimum absolute atomic E-state index is 0.178. The Bertz CT molecular complexity index is 468. The highest BCUT2D eigenvalue weighted by molar-refractivity contribution is 5.87. The van der Waals surface area contributed by atoms with E-state index in [0.29, 0.717) is 34.2 Å². The van der Waals surface area contributed by atoms with Crippen LogP contribution in [0, 0.1) is 28.6 Å². The fourth-order valence-electron chi connectivity index (χ4n) is 6.62. The molecular formula is C20H32O2. The molecule has 0 aromatic carbocycles. The summed E-state index contributed by atoms with van der Waals surface area (Å²) in [6.07, 6.45) is 7.35. The van der Waals surface area contributed by atoms with Crippen molar-refractivity contribution < 1.29 is 9.53 Å². The predicted octanol–water partition coefficient (Wildman–Crippen LogP) is 5.13. The van der Waals surface area contributed by atoms with Crippen LogP contribution in [0.3, 0.4) is 0 Å². The van der Waals surface area contributed by atoms with E-state index in [0.717, 1.165) is 6.42 Å². The van der Waals surface area contributed by atoms with E-state index in [1.165, 1.54) is 32.1 Å². The molecule has 0 amide bonds. The van der Waals surface area contributed by atoms with E-state index >= 15 is 0 Å². The number of hydrogen-bond donors (Lipinski definition) is 0. The number of rotatable bonds is 4. The smallest absolute Gasteiger partial charge is 0.333 e. The monoisotopic (exact) mass is 304 g/mol. The van der Waals surface area contributed by atoms with Gasteiger partial charge in [0.15, 0.2) is 0 Å². The van der Waals surface area contributed by atoms with E-state index in [9.17, 15) is 4.79 Å². The van der Waals surface area contributed by atoms with Crippen LogP contribution in [0.2, 0.25) is 0 Å². The summed E-state index contributed by atoms with van der Waals surface area (Å²) in [6, 6.07) is 0. The Morgan fingerprint density at radius 1 is 1.18 bits per heavy atom. The first-order valence-electron chi connectivity index (χ1n) is 9.03. The van der Waals surface area contributed by atoms with Gasteiger partial charge in [-0.15, -0.1) is 0 Å². The molecule has 4 fully saturated rings. The normalized spacial score (nSPS) is 47.3. The maximum Gasteiger partial charge on any atom is 0.333 e. The molecule has 2 nitrogen and oxygen atoms in total. The van der Waals surface area contributed by atoms with Crippen LogP contribution in [0.1, 0.15) is 73.1 Å². The average Bonchev–Trinajstić information content (AvgIpc) is 2.38. The van der Waals surface area contributed by atoms with Gasteiger partial charge in [-0.25, -0.2) is 4.79 Å². The summed E-state index contributed by atoms with van der Waals surface area (Å²) in [5.41, 5.74) is 1.22. The Labute approximate surface area is 135 Å². The summed E-state index contributed by atoms with van der Waals surface area (Å²) in [5.74, 6) is 1.31. The van der Waals surface area contributed by atoms with E-state index in [1.54, 1.807) is 6.92 Å². The van der Waals surface area contributed by atoms with Crippen LogP contribution >= 0.6 is 0 Å². The Balaban J connectivity index is 2.01. The van der Waals surface area contributed by atoms with E-state index < -0.39 is 0 Å². The van der Waals surface area contributed by atoms with Crippen molar-refractivity contribution in [2.75, 3.05) is 0 Å². The Morgan fingerprint density at radius 3 is 2.00 bits per heavy atom. The molecule has 0 aromatic heterocycles. The van der Waals surface area contributed by atoms with Crippen molar-refractivity contribution in [3.8, 4) is 0 Å². The number of carbonyl (C=O) groups excluding carboxylic acids is 1. The number of esters is 1. The maximum atomic E-state index is 12.4.